The Kier molecular flexibility index (Phi) is 4.66. The van der Waals surface area contributed by atoms with E-state index < -0.39 is 5.56 Å². The van der Waals surface area contributed by atoms with Gasteiger partial charge in [0.1, 0.15) is 12.4 Å². The molecule has 0 spiro atoms. The third-order valence-electron chi connectivity index (χ3n) is 3.81. The van der Waals surface area contributed by atoms with Gasteiger partial charge in [-0.3, -0.25) is 4.79 Å². The van der Waals surface area contributed by atoms with Crippen LogP contribution in [0.25, 0.3) is 0 Å². The smallest absolute Gasteiger partial charge is 0.283 e. The monoisotopic (exact) mass is 321 g/mol. The number of benzene rings is 2. The first kappa shape index (κ1) is 15.9. The maximum Gasteiger partial charge on any atom is 0.283 e. The summed E-state index contributed by atoms with van der Waals surface area (Å²) in [6, 6.07) is 21.1. The number of pyridine rings is 1. The van der Waals surface area contributed by atoms with Crippen LogP contribution in [0.5, 0.6) is 5.75 Å². The lowest BCUT2D eigenvalue weighted by Crippen LogP contribution is -2.22. The minimum atomic E-state index is -0.453. The van der Waals surface area contributed by atoms with Crippen molar-refractivity contribution in [1.82, 2.24) is 4.73 Å². The van der Waals surface area contributed by atoms with Gasteiger partial charge in [-0.15, -0.1) is 4.73 Å². The average molecular weight is 321 g/mol. The first-order valence-corrected chi connectivity index (χ1v) is 7.80. The van der Waals surface area contributed by atoms with Gasteiger partial charge in [0.25, 0.3) is 5.56 Å². The molecule has 4 nitrogen and oxygen atoms in total. The number of nitrogens with zero attached hydrogens (tertiary/aromatic N) is 1. The lowest BCUT2D eigenvalue weighted by molar-refractivity contribution is 0.147. The molecule has 0 aliphatic heterocycles. The Hall–Kier alpha value is -3.01. The van der Waals surface area contributed by atoms with E-state index >= 15 is 0 Å². The largest absolute Gasteiger partial charge is 0.487 e. The Labute approximate surface area is 140 Å². The minimum Gasteiger partial charge on any atom is -0.487 e. The lowest BCUT2D eigenvalue weighted by Gasteiger charge is -2.13. The van der Waals surface area contributed by atoms with E-state index in [1.807, 2.05) is 49.4 Å². The third-order valence-corrected chi connectivity index (χ3v) is 3.81. The normalized spacial score (nSPS) is 10.5. The van der Waals surface area contributed by atoms with Crippen molar-refractivity contribution in [2.75, 3.05) is 0 Å². The fourth-order valence-corrected chi connectivity index (χ4v) is 2.62. The molecule has 0 bridgehead atoms. The van der Waals surface area contributed by atoms with Crippen molar-refractivity contribution in [2.45, 2.75) is 20.0 Å². The molecule has 1 aromatic heterocycles. The molecule has 24 heavy (non-hydrogen) atoms. The van der Waals surface area contributed by atoms with E-state index in [-0.39, 0.29) is 6.61 Å². The van der Waals surface area contributed by atoms with Crippen LogP contribution in [0.2, 0.25) is 0 Å². The zero-order valence-corrected chi connectivity index (χ0v) is 13.5. The summed E-state index contributed by atoms with van der Waals surface area (Å²) in [5.74, 6) is 0.746. The van der Waals surface area contributed by atoms with Gasteiger partial charge >= 0.3 is 0 Å². The van der Waals surface area contributed by atoms with Crippen LogP contribution in [0.4, 0.5) is 0 Å². The maximum absolute atomic E-state index is 11.6. The molecule has 0 amide bonds. The Bertz CT molecular complexity index is 885. The number of hydrogen-bond donors (Lipinski definition) is 1. The summed E-state index contributed by atoms with van der Waals surface area (Å²) in [7, 11) is 0. The summed E-state index contributed by atoms with van der Waals surface area (Å²) in [5.41, 5.74) is 3.02. The van der Waals surface area contributed by atoms with Crippen molar-refractivity contribution < 1.29 is 9.94 Å². The summed E-state index contributed by atoms with van der Waals surface area (Å²) >= 11 is 0. The van der Waals surface area contributed by atoms with Gasteiger partial charge in [-0.05, 0) is 35.7 Å². The third kappa shape index (κ3) is 3.66. The fraction of sp³-hybridized carbons (Fsp3) is 0.150. The SMILES string of the molecule is Cc1cc(COc2ccccc2Cc2ccccc2)n(O)c(=O)c1. The van der Waals surface area contributed by atoms with E-state index in [0.29, 0.717) is 10.4 Å². The molecule has 0 atom stereocenters. The van der Waals surface area contributed by atoms with Gasteiger partial charge in [0.05, 0.1) is 5.69 Å². The highest BCUT2D eigenvalue weighted by atomic mass is 16.5. The van der Waals surface area contributed by atoms with Gasteiger partial charge in [-0.25, -0.2) is 0 Å². The topological polar surface area (TPSA) is 51.5 Å². The molecule has 0 radical (unpaired) electrons. The van der Waals surface area contributed by atoms with Crippen molar-refractivity contribution >= 4 is 0 Å². The minimum absolute atomic E-state index is 0.124. The van der Waals surface area contributed by atoms with Crippen LogP contribution in [0, 0.1) is 6.92 Å². The Balaban J connectivity index is 1.80. The molecular weight excluding hydrogens is 302 g/mol. The molecule has 2 aromatic carbocycles. The van der Waals surface area contributed by atoms with Gasteiger partial charge in [0.15, 0.2) is 0 Å². The molecule has 4 heteroatoms. The molecule has 0 saturated heterocycles. The predicted octanol–water partition coefficient (Wildman–Crippen LogP) is 3.56. The van der Waals surface area contributed by atoms with Crippen molar-refractivity contribution in [3.63, 3.8) is 0 Å². The number of aromatic nitrogens is 1. The van der Waals surface area contributed by atoms with Crippen molar-refractivity contribution in [1.29, 1.82) is 0 Å². The number of rotatable bonds is 5. The summed E-state index contributed by atoms with van der Waals surface area (Å²) in [4.78, 5) is 11.6. The molecule has 0 aliphatic carbocycles. The Morgan fingerprint density at radius 1 is 1.00 bits per heavy atom. The van der Waals surface area contributed by atoms with Gasteiger partial charge < -0.3 is 9.94 Å². The van der Waals surface area contributed by atoms with Crippen LogP contribution < -0.4 is 10.3 Å². The molecule has 0 fully saturated rings. The van der Waals surface area contributed by atoms with Crippen molar-refractivity contribution in [3.05, 3.63) is 99.5 Å². The molecule has 0 saturated carbocycles. The van der Waals surface area contributed by atoms with Crippen molar-refractivity contribution in [2.24, 2.45) is 0 Å². The second-order valence-electron chi connectivity index (χ2n) is 5.73. The van der Waals surface area contributed by atoms with E-state index in [1.54, 1.807) is 6.07 Å². The van der Waals surface area contributed by atoms with Crippen LogP contribution in [-0.4, -0.2) is 9.94 Å². The van der Waals surface area contributed by atoms with Gasteiger partial charge in [0, 0.05) is 12.5 Å². The van der Waals surface area contributed by atoms with E-state index in [2.05, 4.69) is 12.1 Å². The Morgan fingerprint density at radius 2 is 1.71 bits per heavy atom. The summed E-state index contributed by atoms with van der Waals surface area (Å²) in [5, 5.41) is 9.83. The van der Waals surface area contributed by atoms with Crippen LogP contribution in [0.3, 0.4) is 0 Å². The Morgan fingerprint density at radius 3 is 2.50 bits per heavy atom. The van der Waals surface area contributed by atoms with E-state index in [4.69, 9.17) is 4.74 Å². The summed E-state index contributed by atoms with van der Waals surface area (Å²) in [6.07, 6.45) is 0.761. The average Bonchev–Trinajstić information content (AvgIpc) is 2.59. The van der Waals surface area contributed by atoms with E-state index in [1.165, 1.54) is 11.6 Å². The highest BCUT2D eigenvalue weighted by Gasteiger charge is 2.08. The predicted molar refractivity (Wildman–Crippen MR) is 92.6 cm³/mol. The highest BCUT2D eigenvalue weighted by Crippen LogP contribution is 2.22. The molecule has 3 aromatic rings. The number of para-hydroxylation sites is 1. The van der Waals surface area contributed by atoms with E-state index in [0.717, 1.165) is 23.3 Å². The molecular formula is C20H19NO3. The first-order valence-electron chi connectivity index (χ1n) is 7.80. The number of ether oxygens (including phenoxy) is 1. The highest BCUT2D eigenvalue weighted by molar-refractivity contribution is 5.37. The van der Waals surface area contributed by atoms with Gasteiger partial charge in [0.2, 0.25) is 0 Å². The van der Waals surface area contributed by atoms with E-state index in [9.17, 15) is 10.0 Å². The zero-order chi connectivity index (χ0) is 16.9. The first-order chi connectivity index (χ1) is 11.6. The summed E-state index contributed by atoms with van der Waals surface area (Å²) < 4.78 is 6.50. The fourth-order valence-electron chi connectivity index (χ4n) is 2.62. The van der Waals surface area contributed by atoms with Crippen LogP contribution in [0.1, 0.15) is 22.4 Å². The quantitative estimate of drug-likeness (QED) is 0.731. The zero-order valence-electron chi connectivity index (χ0n) is 13.5. The number of aryl methyl sites for hydroxylation is 1. The van der Waals surface area contributed by atoms with Crippen molar-refractivity contribution in [3.8, 4) is 5.75 Å². The van der Waals surface area contributed by atoms with Gasteiger partial charge in [-0.2, -0.15) is 0 Å². The molecule has 122 valence electrons. The second kappa shape index (κ2) is 7.04. The second-order valence-corrected chi connectivity index (χ2v) is 5.73. The van der Waals surface area contributed by atoms with Crippen LogP contribution in [-0.2, 0) is 13.0 Å². The lowest BCUT2D eigenvalue weighted by atomic mass is 10.0. The number of hydrogen-bond acceptors (Lipinski definition) is 3. The van der Waals surface area contributed by atoms with Crippen LogP contribution >= 0.6 is 0 Å². The molecule has 0 unspecified atom stereocenters. The standard InChI is InChI=1S/C20H19NO3/c1-15-11-18(21(23)20(22)12-15)14-24-19-10-6-5-9-17(19)13-16-7-3-2-4-8-16/h2-12,23H,13-14H2,1H3. The molecule has 3 rings (SSSR count). The van der Waals surface area contributed by atoms with Crippen LogP contribution in [0.15, 0.2) is 71.5 Å². The molecule has 1 N–H and O–H groups in total. The molecule has 0 aliphatic rings. The molecule has 1 heterocycles. The maximum atomic E-state index is 11.6. The summed E-state index contributed by atoms with van der Waals surface area (Å²) in [6.45, 7) is 1.94. The van der Waals surface area contributed by atoms with Gasteiger partial charge in [-0.1, -0.05) is 48.5 Å².